The lowest BCUT2D eigenvalue weighted by molar-refractivity contribution is -0.141. The topological polar surface area (TPSA) is 78.5 Å². The number of nitrogens with one attached hydrogen (secondary N) is 2. The molecule has 7 heteroatoms. The van der Waals surface area contributed by atoms with Crippen molar-refractivity contribution >= 4 is 41.1 Å². The highest BCUT2D eigenvalue weighted by Gasteiger charge is 2.49. The largest absolute Gasteiger partial charge is 0.349 e. The van der Waals surface area contributed by atoms with Crippen molar-refractivity contribution in [1.29, 1.82) is 0 Å². The van der Waals surface area contributed by atoms with Gasteiger partial charge in [-0.3, -0.25) is 14.4 Å². The van der Waals surface area contributed by atoms with E-state index in [-0.39, 0.29) is 35.7 Å². The standard InChI is InChI=1S/C16H16ClN3O3/c17-9-13(21)18-11-4-1-10(2-5-11)3-6-14(22)20-8-7-12-15(20)16(23)19-12/h1-6,12,15H,7-9H2,(H,18,21)(H,19,23)/b6-3+. The van der Waals surface area contributed by atoms with E-state index in [0.717, 1.165) is 12.0 Å². The second-order valence-electron chi connectivity index (χ2n) is 5.52. The Morgan fingerprint density at radius 2 is 2.09 bits per heavy atom. The number of hydrogen-bond acceptors (Lipinski definition) is 3. The number of amides is 3. The smallest absolute Gasteiger partial charge is 0.247 e. The molecule has 2 aliphatic heterocycles. The lowest BCUT2D eigenvalue weighted by Gasteiger charge is -2.35. The van der Waals surface area contributed by atoms with Crippen LogP contribution in [0, 0.1) is 0 Å². The SMILES string of the molecule is O=C(CCl)Nc1ccc(/C=C/C(=O)N2CCC3NC(=O)C32)cc1. The minimum Gasteiger partial charge on any atom is -0.349 e. The van der Waals surface area contributed by atoms with Gasteiger partial charge in [0.05, 0.1) is 6.04 Å². The van der Waals surface area contributed by atoms with Crippen LogP contribution in [-0.2, 0) is 14.4 Å². The normalized spacial score (nSPS) is 22.5. The predicted molar refractivity (Wildman–Crippen MR) is 86.9 cm³/mol. The Morgan fingerprint density at radius 1 is 1.35 bits per heavy atom. The Hall–Kier alpha value is -2.34. The summed E-state index contributed by atoms with van der Waals surface area (Å²) in [5.41, 5.74) is 1.48. The van der Waals surface area contributed by atoms with E-state index in [1.54, 1.807) is 35.2 Å². The molecule has 120 valence electrons. The van der Waals surface area contributed by atoms with E-state index in [9.17, 15) is 14.4 Å². The van der Waals surface area contributed by atoms with Gasteiger partial charge in [-0.05, 0) is 30.2 Å². The first kappa shape index (κ1) is 15.6. The van der Waals surface area contributed by atoms with Crippen molar-refractivity contribution in [3.63, 3.8) is 0 Å². The molecule has 2 saturated heterocycles. The molecule has 2 fully saturated rings. The molecule has 1 aromatic rings. The number of fused-ring (bicyclic) bond motifs is 1. The van der Waals surface area contributed by atoms with E-state index >= 15 is 0 Å². The molecule has 2 heterocycles. The highest BCUT2D eigenvalue weighted by molar-refractivity contribution is 6.29. The second kappa shape index (κ2) is 6.42. The minimum absolute atomic E-state index is 0.0753. The van der Waals surface area contributed by atoms with Crippen LogP contribution in [0.5, 0.6) is 0 Å². The van der Waals surface area contributed by atoms with Crippen LogP contribution in [0.2, 0.25) is 0 Å². The molecule has 23 heavy (non-hydrogen) atoms. The van der Waals surface area contributed by atoms with Crippen LogP contribution in [0.25, 0.3) is 6.08 Å². The molecule has 1 aromatic carbocycles. The third-order valence-corrected chi connectivity index (χ3v) is 4.25. The molecule has 0 radical (unpaired) electrons. The van der Waals surface area contributed by atoms with Gasteiger partial charge in [0.15, 0.2) is 0 Å². The highest BCUT2D eigenvalue weighted by atomic mass is 35.5. The summed E-state index contributed by atoms with van der Waals surface area (Å²) in [7, 11) is 0. The summed E-state index contributed by atoms with van der Waals surface area (Å²) in [6, 6.07) is 6.86. The van der Waals surface area contributed by atoms with Crippen LogP contribution in [0.4, 0.5) is 5.69 Å². The number of carbonyl (C=O) groups excluding carboxylic acids is 3. The molecule has 3 amide bonds. The summed E-state index contributed by atoms with van der Waals surface area (Å²) in [6.45, 7) is 0.598. The fraction of sp³-hybridized carbons (Fsp3) is 0.312. The number of likely N-dealkylation sites (tertiary alicyclic amines) is 1. The van der Waals surface area contributed by atoms with Crippen LogP contribution < -0.4 is 10.6 Å². The maximum absolute atomic E-state index is 12.2. The predicted octanol–water partition coefficient (Wildman–Crippen LogP) is 0.976. The maximum Gasteiger partial charge on any atom is 0.247 e. The number of benzene rings is 1. The molecular formula is C16H16ClN3O3. The van der Waals surface area contributed by atoms with Crippen molar-refractivity contribution in [3.8, 4) is 0 Å². The molecule has 3 rings (SSSR count). The van der Waals surface area contributed by atoms with Gasteiger partial charge in [0.25, 0.3) is 0 Å². The van der Waals surface area contributed by atoms with Crippen molar-refractivity contribution in [3.05, 3.63) is 35.9 Å². The van der Waals surface area contributed by atoms with Gasteiger partial charge in [-0.2, -0.15) is 0 Å². The number of hydrogen-bond donors (Lipinski definition) is 2. The van der Waals surface area contributed by atoms with Gasteiger partial charge in [0.1, 0.15) is 11.9 Å². The van der Waals surface area contributed by atoms with E-state index in [4.69, 9.17) is 11.6 Å². The number of rotatable bonds is 4. The minimum atomic E-state index is -0.305. The van der Waals surface area contributed by atoms with E-state index in [1.807, 2.05) is 0 Å². The zero-order chi connectivity index (χ0) is 16.4. The number of nitrogens with zero attached hydrogens (tertiary/aromatic N) is 1. The lowest BCUT2D eigenvalue weighted by atomic mass is 10.0. The Morgan fingerprint density at radius 3 is 2.74 bits per heavy atom. The Bertz CT molecular complexity index is 672. The second-order valence-corrected chi connectivity index (χ2v) is 5.78. The van der Waals surface area contributed by atoms with Gasteiger partial charge < -0.3 is 15.5 Å². The summed E-state index contributed by atoms with van der Waals surface area (Å²) in [5.74, 6) is -0.602. The molecule has 2 aliphatic rings. The van der Waals surface area contributed by atoms with Crippen molar-refractivity contribution in [1.82, 2.24) is 10.2 Å². The summed E-state index contributed by atoms with van der Waals surface area (Å²) in [5, 5.41) is 5.43. The van der Waals surface area contributed by atoms with Gasteiger partial charge in [-0.1, -0.05) is 12.1 Å². The number of alkyl halides is 1. The van der Waals surface area contributed by atoms with Crippen molar-refractivity contribution in [2.45, 2.75) is 18.5 Å². The molecule has 2 N–H and O–H groups in total. The third kappa shape index (κ3) is 3.22. The maximum atomic E-state index is 12.2. The van der Waals surface area contributed by atoms with Crippen LogP contribution in [0.1, 0.15) is 12.0 Å². The van der Waals surface area contributed by atoms with E-state index in [0.29, 0.717) is 12.2 Å². The Balaban J connectivity index is 1.60. The number of carbonyl (C=O) groups is 3. The lowest BCUT2D eigenvalue weighted by Crippen LogP contribution is -2.64. The first-order valence-electron chi connectivity index (χ1n) is 7.33. The molecule has 0 aliphatic carbocycles. The Kier molecular flexibility index (Phi) is 4.34. The zero-order valence-electron chi connectivity index (χ0n) is 12.3. The molecule has 0 bridgehead atoms. The van der Waals surface area contributed by atoms with Crippen molar-refractivity contribution < 1.29 is 14.4 Å². The highest BCUT2D eigenvalue weighted by Crippen LogP contribution is 2.25. The third-order valence-electron chi connectivity index (χ3n) is 4.01. The summed E-state index contributed by atoms with van der Waals surface area (Å²) in [4.78, 5) is 36.5. The van der Waals surface area contributed by atoms with Crippen LogP contribution in [-0.4, -0.2) is 47.1 Å². The molecule has 6 nitrogen and oxygen atoms in total. The molecule has 2 unspecified atom stereocenters. The zero-order valence-corrected chi connectivity index (χ0v) is 13.0. The Labute approximate surface area is 138 Å². The molecule has 0 spiro atoms. The fourth-order valence-corrected chi connectivity index (χ4v) is 2.89. The average molecular weight is 334 g/mol. The molecule has 0 saturated carbocycles. The molecular weight excluding hydrogens is 318 g/mol. The van der Waals surface area contributed by atoms with Gasteiger partial charge >= 0.3 is 0 Å². The van der Waals surface area contributed by atoms with Gasteiger partial charge in [-0.25, -0.2) is 0 Å². The van der Waals surface area contributed by atoms with E-state index in [1.165, 1.54) is 6.08 Å². The van der Waals surface area contributed by atoms with Gasteiger partial charge in [0.2, 0.25) is 17.7 Å². The van der Waals surface area contributed by atoms with E-state index in [2.05, 4.69) is 10.6 Å². The number of anilines is 1. The average Bonchev–Trinajstić information content (AvgIpc) is 2.90. The van der Waals surface area contributed by atoms with Crippen LogP contribution in [0.3, 0.4) is 0 Å². The first-order chi connectivity index (χ1) is 11.1. The molecule has 0 aromatic heterocycles. The quantitative estimate of drug-likeness (QED) is 0.490. The van der Waals surface area contributed by atoms with Crippen LogP contribution in [0.15, 0.2) is 30.3 Å². The van der Waals surface area contributed by atoms with Crippen LogP contribution >= 0.6 is 11.6 Å². The number of halogens is 1. The fourth-order valence-electron chi connectivity index (χ4n) is 2.82. The summed E-state index contributed by atoms with van der Waals surface area (Å²) < 4.78 is 0. The van der Waals surface area contributed by atoms with Gasteiger partial charge in [-0.15, -0.1) is 11.6 Å². The van der Waals surface area contributed by atoms with Gasteiger partial charge in [0, 0.05) is 18.3 Å². The first-order valence-corrected chi connectivity index (χ1v) is 7.87. The monoisotopic (exact) mass is 333 g/mol. The summed E-state index contributed by atoms with van der Waals surface area (Å²) >= 11 is 5.42. The molecule has 2 atom stereocenters. The summed E-state index contributed by atoms with van der Waals surface area (Å²) in [6.07, 6.45) is 3.98. The number of β-lactam (4-membered cyclic amide) rings is 1. The van der Waals surface area contributed by atoms with Crippen molar-refractivity contribution in [2.75, 3.05) is 17.7 Å². The van der Waals surface area contributed by atoms with Crippen molar-refractivity contribution in [2.24, 2.45) is 0 Å². The van der Waals surface area contributed by atoms with E-state index < -0.39 is 0 Å².